The van der Waals surface area contributed by atoms with Crippen LogP contribution in [-0.2, 0) is 16.0 Å². The molecule has 1 amide bonds. The Morgan fingerprint density at radius 1 is 1.24 bits per heavy atom. The van der Waals surface area contributed by atoms with E-state index in [0.717, 1.165) is 30.8 Å². The maximum atomic E-state index is 11.6. The van der Waals surface area contributed by atoms with Crippen molar-refractivity contribution >= 4 is 23.3 Å². The fourth-order valence-electron chi connectivity index (χ4n) is 2.86. The number of benzene rings is 2. The van der Waals surface area contributed by atoms with Crippen molar-refractivity contribution in [3.05, 3.63) is 96.1 Å². The number of methoxy groups -OCH3 is 1. The second kappa shape index (κ2) is 15.8. The third-order valence-corrected chi connectivity index (χ3v) is 4.54. The van der Waals surface area contributed by atoms with E-state index in [1.807, 2.05) is 19.1 Å². The number of amides is 1. The minimum Gasteiger partial charge on any atom is -0.503 e. The number of nitrogens with one attached hydrogen (secondary N) is 2. The average molecular weight is 468 g/mol. The topological polar surface area (TPSA) is 88.5 Å². The van der Waals surface area contributed by atoms with Crippen molar-refractivity contribution < 1.29 is 48.6 Å². The normalized spacial score (nSPS) is 11.8. The SMILES string of the molecule is C=CC=[C-]c1ccc2c(c1)OCCC2.CC[C-]=CC(=N)C(=O)Nc1ccc(C(=O)OC)cc1.[Na+]. The van der Waals surface area contributed by atoms with E-state index in [0.29, 0.717) is 17.7 Å². The zero-order valence-corrected chi connectivity index (χ0v) is 21.9. The van der Waals surface area contributed by atoms with Gasteiger partial charge in [-0.05, 0) is 48.4 Å². The van der Waals surface area contributed by atoms with Gasteiger partial charge in [-0.2, -0.15) is 0 Å². The third kappa shape index (κ3) is 9.51. The van der Waals surface area contributed by atoms with Gasteiger partial charge in [0.15, 0.2) is 5.91 Å². The van der Waals surface area contributed by atoms with E-state index in [-0.39, 0.29) is 35.3 Å². The van der Waals surface area contributed by atoms with Crippen LogP contribution < -0.4 is 39.6 Å². The minimum atomic E-state index is -0.522. The number of carbonyl (C=O) groups excluding carboxylic acids is 2. The third-order valence-electron chi connectivity index (χ3n) is 4.54. The fourth-order valence-corrected chi connectivity index (χ4v) is 2.86. The van der Waals surface area contributed by atoms with Crippen molar-refractivity contribution in [2.75, 3.05) is 19.0 Å². The first-order valence-electron chi connectivity index (χ1n) is 10.6. The van der Waals surface area contributed by atoms with Crippen LogP contribution in [-0.4, -0.2) is 31.3 Å². The zero-order chi connectivity index (χ0) is 24.1. The number of carbonyl (C=O) groups is 2. The molecular formula is C27H28N2NaO4-. The summed E-state index contributed by atoms with van der Waals surface area (Å²) in [7, 11) is 1.30. The number of aryl methyl sites for hydroxylation is 1. The molecule has 0 radical (unpaired) electrons. The van der Waals surface area contributed by atoms with Gasteiger partial charge in [0.1, 0.15) is 0 Å². The fraction of sp³-hybridized carbons (Fsp3) is 0.222. The van der Waals surface area contributed by atoms with Crippen LogP contribution in [0.15, 0.2) is 67.3 Å². The summed E-state index contributed by atoms with van der Waals surface area (Å²) in [4.78, 5) is 22.8. The molecule has 172 valence electrons. The van der Waals surface area contributed by atoms with Gasteiger partial charge in [0.05, 0.1) is 25.0 Å². The molecule has 0 saturated carbocycles. The van der Waals surface area contributed by atoms with Crippen LogP contribution in [0.3, 0.4) is 0 Å². The molecular weight excluding hydrogens is 439 g/mol. The van der Waals surface area contributed by atoms with Gasteiger partial charge in [-0.1, -0.05) is 19.1 Å². The summed E-state index contributed by atoms with van der Waals surface area (Å²) < 4.78 is 10.1. The molecule has 6 nitrogen and oxygen atoms in total. The molecule has 1 aliphatic heterocycles. The number of hydrogen-bond acceptors (Lipinski definition) is 5. The number of allylic oxidation sites excluding steroid dienone is 3. The second-order valence-electron chi connectivity index (χ2n) is 6.96. The predicted molar refractivity (Wildman–Crippen MR) is 130 cm³/mol. The number of hydrogen-bond donors (Lipinski definition) is 2. The first-order chi connectivity index (χ1) is 16.0. The zero-order valence-electron chi connectivity index (χ0n) is 19.9. The van der Waals surface area contributed by atoms with Crippen molar-refractivity contribution in [3.8, 4) is 5.75 Å². The molecule has 1 heterocycles. The van der Waals surface area contributed by atoms with Crippen LogP contribution in [0.5, 0.6) is 5.75 Å². The van der Waals surface area contributed by atoms with Gasteiger partial charge in [0.2, 0.25) is 0 Å². The number of esters is 1. The van der Waals surface area contributed by atoms with Gasteiger partial charge in [0, 0.05) is 5.69 Å². The van der Waals surface area contributed by atoms with Crippen LogP contribution >= 0.6 is 0 Å². The minimum absolute atomic E-state index is 0. The first-order valence-corrected chi connectivity index (χ1v) is 10.6. The van der Waals surface area contributed by atoms with Crippen LogP contribution in [0.1, 0.15) is 41.3 Å². The van der Waals surface area contributed by atoms with Gasteiger partial charge in [0.25, 0.3) is 0 Å². The molecule has 0 bridgehead atoms. The van der Waals surface area contributed by atoms with E-state index in [1.54, 1.807) is 30.3 Å². The van der Waals surface area contributed by atoms with Gasteiger partial charge in [-0.3, -0.25) is 10.9 Å². The monoisotopic (exact) mass is 467 g/mol. The maximum absolute atomic E-state index is 11.6. The Kier molecular flexibility index (Phi) is 13.5. The molecule has 0 unspecified atom stereocenters. The summed E-state index contributed by atoms with van der Waals surface area (Å²) in [6.07, 6.45) is 13.7. The van der Waals surface area contributed by atoms with Crippen LogP contribution in [0.25, 0.3) is 0 Å². The van der Waals surface area contributed by atoms with Gasteiger partial charge < -0.3 is 20.2 Å². The molecule has 2 aromatic rings. The first kappa shape index (κ1) is 29.1. The summed E-state index contributed by atoms with van der Waals surface area (Å²) in [5.74, 6) is 0.0524. The quantitative estimate of drug-likeness (QED) is 0.215. The summed E-state index contributed by atoms with van der Waals surface area (Å²) in [5, 5.41) is 10.0. The van der Waals surface area contributed by atoms with Crippen LogP contribution in [0.4, 0.5) is 5.69 Å². The van der Waals surface area contributed by atoms with E-state index in [2.05, 4.69) is 40.9 Å². The molecule has 1 aliphatic rings. The Morgan fingerprint density at radius 2 is 1.97 bits per heavy atom. The van der Waals surface area contributed by atoms with Crippen molar-refractivity contribution in [1.82, 2.24) is 0 Å². The number of anilines is 1. The Labute approximate surface area is 223 Å². The molecule has 0 spiro atoms. The summed E-state index contributed by atoms with van der Waals surface area (Å²) in [6.45, 7) is 6.32. The van der Waals surface area contributed by atoms with E-state index >= 15 is 0 Å². The Hall–Kier alpha value is -2.93. The standard InChI is InChI=1S/C14H15N2O3.C13H13O.Na/c1-3-4-5-12(15)13(17)16-11-8-6-10(7-9-11)14(18)19-2;1-2-3-5-11-7-8-12-6-4-9-14-13(12)10-11;/h5-9,15H,3H2,1-2H3,(H,16,17);2-3,7-8,10H,1,4,6,9H2;/q2*-1;+1. The van der Waals surface area contributed by atoms with Gasteiger partial charge >= 0.3 is 35.5 Å². The number of fused-ring (bicyclic) bond motifs is 1. The number of rotatable bonds is 7. The molecule has 7 heteroatoms. The Bertz CT molecular complexity index is 1040. The van der Waals surface area contributed by atoms with Gasteiger partial charge in [-0.25, -0.2) is 10.9 Å². The molecule has 0 atom stereocenters. The van der Waals surface area contributed by atoms with E-state index in [9.17, 15) is 9.59 Å². The summed E-state index contributed by atoms with van der Waals surface area (Å²) in [6, 6.07) is 12.4. The Morgan fingerprint density at radius 3 is 2.62 bits per heavy atom. The molecule has 0 aromatic heterocycles. The number of ether oxygens (including phenoxy) is 2. The second-order valence-corrected chi connectivity index (χ2v) is 6.96. The van der Waals surface area contributed by atoms with Crippen molar-refractivity contribution in [1.29, 1.82) is 5.41 Å². The predicted octanol–water partition coefficient (Wildman–Crippen LogP) is 2.11. The molecule has 0 saturated heterocycles. The van der Waals surface area contributed by atoms with Crippen molar-refractivity contribution in [2.45, 2.75) is 26.2 Å². The molecule has 0 fully saturated rings. The Balaban J connectivity index is 0.000000343. The van der Waals surface area contributed by atoms with Crippen molar-refractivity contribution in [2.24, 2.45) is 0 Å². The molecule has 2 aromatic carbocycles. The molecule has 0 aliphatic carbocycles. The summed E-state index contributed by atoms with van der Waals surface area (Å²) in [5.41, 5.74) is 3.09. The maximum Gasteiger partial charge on any atom is 1.00 e. The average Bonchev–Trinajstić information content (AvgIpc) is 2.86. The summed E-state index contributed by atoms with van der Waals surface area (Å²) >= 11 is 0. The van der Waals surface area contributed by atoms with Crippen LogP contribution in [0.2, 0.25) is 0 Å². The van der Waals surface area contributed by atoms with E-state index in [1.165, 1.54) is 18.7 Å². The molecule has 34 heavy (non-hydrogen) atoms. The largest absolute Gasteiger partial charge is 1.00 e. The van der Waals surface area contributed by atoms with E-state index < -0.39 is 11.9 Å². The van der Waals surface area contributed by atoms with Crippen molar-refractivity contribution in [3.63, 3.8) is 0 Å². The smallest absolute Gasteiger partial charge is 0.503 e. The van der Waals surface area contributed by atoms with E-state index in [4.69, 9.17) is 10.1 Å². The molecule has 3 rings (SSSR count). The molecule has 2 N–H and O–H groups in total. The van der Waals surface area contributed by atoms with Gasteiger partial charge in [-0.15, -0.1) is 42.9 Å². The van der Waals surface area contributed by atoms with Crippen LogP contribution in [0, 0.1) is 17.6 Å².